The number of ether oxygens (including phenoxy) is 1. The number of nitrogen functional groups attached to an aromatic ring is 1. The number of carbonyl (C=O) groups excluding carboxylic acids is 1. The largest absolute Gasteiger partial charge is 0.497 e. The number of anilines is 1. The molecule has 3 N–H and O–H groups in total. The Morgan fingerprint density at radius 1 is 1.44 bits per heavy atom. The van der Waals surface area contributed by atoms with Gasteiger partial charge in [-0.25, -0.2) is 8.42 Å². The summed E-state index contributed by atoms with van der Waals surface area (Å²) in [6.07, 6.45) is -0.102. The smallest absolute Gasteiger partial charge is 0.220 e. The molecular weight excluding hydrogens is 256 g/mol. The fourth-order valence-corrected chi connectivity index (χ4v) is 2.77. The minimum atomic E-state index is -3.59. The van der Waals surface area contributed by atoms with Gasteiger partial charge in [-0.2, -0.15) is 0 Å². The molecule has 1 rings (SSSR count). The van der Waals surface area contributed by atoms with E-state index in [4.69, 9.17) is 10.5 Å². The predicted octanol–water partition coefficient (Wildman–Crippen LogP) is 0.187. The zero-order valence-electron chi connectivity index (χ0n) is 10.3. The van der Waals surface area contributed by atoms with Crippen LogP contribution in [-0.4, -0.2) is 34.2 Å². The lowest BCUT2D eigenvalue weighted by atomic mass is 10.3. The Hall–Kier alpha value is -1.76. The number of hydrogen-bond donors (Lipinski definition) is 2. The summed E-state index contributed by atoms with van der Waals surface area (Å²) in [6.45, 7) is 0. The van der Waals surface area contributed by atoms with Crippen molar-refractivity contribution in [2.24, 2.45) is 0 Å². The van der Waals surface area contributed by atoms with Gasteiger partial charge in [-0.3, -0.25) is 4.79 Å². The number of benzene rings is 1. The summed E-state index contributed by atoms with van der Waals surface area (Å²) in [7, 11) is -0.704. The highest BCUT2D eigenvalue weighted by Gasteiger charge is 2.19. The molecule has 0 saturated heterocycles. The Bertz CT molecular complexity index is 540. The van der Waals surface area contributed by atoms with E-state index < -0.39 is 9.84 Å². The molecule has 0 heterocycles. The molecule has 0 saturated carbocycles. The van der Waals surface area contributed by atoms with Crippen molar-refractivity contribution in [3.8, 4) is 5.75 Å². The number of carbonyl (C=O) groups is 1. The van der Waals surface area contributed by atoms with E-state index in [2.05, 4.69) is 5.32 Å². The van der Waals surface area contributed by atoms with Crippen LogP contribution in [0.3, 0.4) is 0 Å². The molecule has 1 aromatic carbocycles. The van der Waals surface area contributed by atoms with Crippen LogP contribution in [0.25, 0.3) is 0 Å². The lowest BCUT2D eigenvalue weighted by Crippen LogP contribution is -2.21. The van der Waals surface area contributed by atoms with Crippen molar-refractivity contribution in [1.82, 2.24) is 5.32 Å². The van der Waals surface area contributed by atoms with Gasteiger partial charge in [0.2, 0.25) is 5.91 Å². The molecule has 18 heavy (non-hydrogen) atoms. The quantitative estimate of drug-likeness (QED) is 0.745. The minimum Gasteiger partial charge on any atom is -0.497 e. The number of methoxy groups -OCH3 is 1. The first kappa shape index (κ1) is 14.3. The van der Waals surface area contributed by atoms with Crippen molar-refractivity contribution in [2.75, 3.05) is 25.6 Å². The molecule has 0 aliphatic heterocycles. The van der Waals surface area contributed by atoms with Gasteiger partial charge in [-0.15, -0.1) is 0 Å². The molecule has 6 nitrogen and oxygen atoms in total. The van der Waals surface area contributed by atoms with Crippen LogP contribution in [0.2, 0.25) is 0 Å². The van der Waals surface area contributed by atoms with E-state index in [1.807, 2.05) is 0 Å². The highest BCUT2D eigenvalue weighted by Crippen LogP contribution is 2.25. The Balaban J connectivity index is 3.00. The third kappa shape index (κ3) is 3.36. The van der Waals surface area contributed by atoms with Crippen molar-refractivity contribution in [2.45, 2.75) is 11.3 Å². The molecule has 100 valence electrons. The van der Waals surface area contributed by atoms with Gasteiger partial charge >= 0.3 is 0 Å². The van der Waals surface area contributed by atoms with Gasteiger partial charge in [-0.05, 0) is 12.1 Å². The standard InChI is InChI=1S/C11H16N2O4S/c1-13-11(14)5-6-18(15,16)10-7-8(17-2)3-4-9(10)12/h3-4,7H,5-6,12H2,1-2H3,(H,13,14). The van der Waals surface area contributed by atoms with Gasteiger partial charge in [0, 0.05) is 19.5 Å². The number of rotatable bonds is 5. The van der Waals surface area contributed by atoms with E-state index in [0.29, 0.717) is 5.75 Å². The lowest BCUT2D eigenvalue weighted by Gasteiger charge is -2.09. The summed E-state index contributed by atoms with van der Waals surface area (Å²) >= 11 is 0. The van der Waals surface area contributed by atoms with Gasteiger partial charge in [0.05, 0.1) is 23.4 Å². The molecule has 0 unspecified atom stereocenters. The maximum absolute atomic E-state index is 12.0. The van der Waals surface area contributed by atoms with Crippen LogP contribution in [0.1, 0.15) is 6.42 Å². The second-order valence-electron chi connectivity index (χ2n) is 3.65. The molecule has 7 heteroatoms. The second-order valence-corrected chi connectivity index (χ2v) is 5.72. The van der Waals surface area contributed by atoms with Crippen molar-refractivity contribution in [3.63, 3.8) is 0 Å². The number of sulfone groups is 1. The first-order valence-corrected chi connectivity index (χ1v) is 6.93. The summed E-state index contributed by atoms with van der Waals surface area (Å²) in [6, 6.07) is 4.40. The fraction of sp³-hybridized carbons (Fsp3) is 0.364. The van der Waals surface area contributed by atoms with E-state index in [1.165, 1.54) is 26.3 Å². The number of amides is 1. The number of nitrogens with two attached hydrogens (primary N) is 1. The van der Waals surface area contributed by atoms with E-state index in [9.17, 15) is 13.2 Å². The van der Waals surface area contributed by atoms with E-state index >= 15 is 0 Å². The summed E-state index contributed by atoms with van der Waals surface area (Å²) in [4.78, 5) is 11.1. The minimum absolute atomic E-state index is 0.00856. The maximum atomic E-state index is 12.0. The van der Waals surface area contributed by atoms with Gasteiger partial charge in [0.15, 0.2) is 9.84 Å². The third-order valence-electron chi connectivity index (χ3n) is 2.43. The molecule has 0 aliphatic carbocycles. The van der Waals surface area contributed by atoms with E-state index in [-0.39, 0.29) is 28.7 Å². The average molecular weight is 272 g/mol. The van der Waals surface area contributed by atoms with Gasteiger partial charge in [0.1, 0.15) is 5.75 Å². The maximum Gasteiger partial charge on any atom is 0.220 e. The van der Waals surface area contributed by atoms with Crippen LogP contribution in [0, 0.1) is 0 Å². The number of hydrogen-bond acceptors (Lipinski definition) is 5. The molecular formula is C11H16N2O4S. The monoisotopic (exact) mass is 272 g/mol. The topological polar surface area (TPSA) is 98.5 Å². The Kier molecular flexibility index (Phi) is 4.55. The summed E-state index contributed by atoms with van der Waals surface area (Å²) in [5.74, 6) is -0.216. The van der Waals surface area contributed by atoms with Crippen LogP contribution in [-0.2, 0) is 14.6 Å². The summed E-state index contributed by atoms with van der Waals surface area (Å²) < 4.78 is 29.0. The SMILES string of the molecule is CNC(=O)CCS(=O)(=O)c1cc(OC)ccc1N. The zero-order valence-corrected chi connectivity index (χ0v) is 11.1. The summed E-state index contributed by atoms with van der Waals surface area (Å²) in [5.41, 5.74) is 5.78. The van der Waals surface area contributed by atoms with Crippen molar-refractivity contribution >= 4 is 21.4 Å². The molecule has 0 aliphatic rings. The van der Waals surface area contributed by atoms with Crippen LogP contribution >= 0.6 is 0 Å². The van der Waals surface area contributed by atoms with Crippen LogP contribution < -0.4 is 15.8 Å². The van der Waals surface area contributed by atoms with Crippen molar-refractivity contribution < 1.29 is 17.9 Å². The first-order chi connectivity index (χ1) is 8.40. The second kappa shape index (κ2) is 5.72. The Morgan fingerprint density at radius 2 is 2.11 bits per heavy atom. The highest BCUT2D eigenvalue weighted by molar-refractivity contribution is 7.91. The van der Waals surface area contributed by atoms with Crippen molar-refractivity contribution in [3.05, 3.63) is 18.2 Å². The molecule has 0 spiro atoms. The van der Waals surface area contributed by atoms with E-state index in [0.717, 1.165) is 0 Å². The summed E-state index contributed by atoms with van der Waals surface area (Å²) in [5, 5.41) is 2.37. The molecule has 0 radical (unpaired) electrons. The van der Waals surface area contributed by atoms with Crippen LogP contribution in [0.4, 0.5) is 5.69 Å². The van der Waals surface area contributed by atoms with Crippen LogP contribution in [0.5, 0.6) is 5.75 Å². The lowest BCUT2D eigenvalue weighted by molar-refractivity contribution is -0.120. The highest BCUT2D eigenvalue weighted by atomic mass is 32.2. The first-order valence-electron chi connectivity index (χ1n) is 5.27. The van der Waals surface area contributed by atoms with Gasteiger partial charge in [-0.1, -0.05) is 0 Å². The van der Waals surface area contributed by atoms with Gasteiger partial charge < -0.3 is 15.8 Å². The molecule has 0 fully saturated rings. The zero-order chi connectivity index (χ0) is 13.8. The van der Waals surface area contributed by atoms with Gasteiger partial charge in [0.25, 0.3) is 0 Å². The van der Waals surface area contributed by atoms with E-state index in [1.54, 1.807) is 6.07 Å². The molecule has 0 bridgehead atoms. The Morgan fingerprint density at radius 3 is 2.67 bits per heavy atom. The third-order valence-corrected chi connectivity index (χ3v) is 4.20. The molecule has 1 amide bonds. The molecule has 0 aromatic heterocycles. The molecule has 0 atom stereocenters. The fourth-order valence-electron chi connectivity index (χ4n) is 1.37. The average Bonchev–Trinajstić information content (AvgIpc) is 2.36. The number of nitrogens with one attached hydrogen (secondary N) is 1. The van der Waals surface area contributed by atoms with Crippen molar-refractivity contribution in [1.29, 1.82) is 0 Å². The molecule has 1 aromatic rings. The normalized spacial score (nSPS) is 11.0. The Labute approximate surface area is 106 Å². The predicted molar refractivity (Wildman–Crippen MR) is 68.1 cm³/mol. The van der Waals surface area contributed by atoms with Crippen LogP contribution in [0.15, 0.2) is 23.1 Å².